The third-order valence-corrected chi connectivity index (χ3v) is 7.19. The monoisotopic (exact) mass is 482 g/mol. The Bertz CT molecular complexity index is 950. The van der Waals surface area contributed by atoms with Crippen molar-refractivity contribution in [3.8, 4) is 0 Å². The van der Waals surface area contributed by atoms with Crippen LogP contribution in [0.15, 0.2) is 46.9 Å². The largest absolute Gasteiger partial charge is 0.511 e. The van der Waals surface area contributed by atoms with Gasteiger partial charge in [0.1, 0.15) is 17.1 Å². The van der Waals surface area contributed by atoms with E-state index in [1.807, 2.05) is 31.2 Å². The Balaban J connectivity index is 2.52. The molecule has 0 atom stereocenters. The summed E-state index contributed by atoms with van der Waals surface area (Å²) in [6, 6.07) is 7.99. The van der Waals surface area contributed by atoms with E-state index in [9.17, 15) is 19.8 Å². The quantitative estimate of drug-likeness (QED) is 0.279. The van der Waals surface area contributed by atoms with E-state index in [0.717, 1.165) is 30.4 Å². The number of allylic oxidation sites excluding steroid dienone is 3. The van der Waals surface area contributed by atoms with Crippen LogP contribution < -0.4 is 0 Å². The van der Waals surface area contributed by atoms with Gasteiger partial charge in [-0.25, -0.2) is 0 Å². The van der Waals surface area contributed by atoms with Crippen molar-refractivity contribution < 1.29 is 19.8 Å². The van der Waals surface area contributed by atoms with Crippen LogP contribution in [0.4, 0.5) is 0 Å². The molecule has 1 aromatic rings. The molecule has 4 nitrogen and oxygen atoms in total. The Kier molecular flexibility index (Phi) is 10.4. The zero-order valence-corrected chi connectivity index (χ0v) is 22.9. The van der Waals surface area contributed by atoms with Gasteiger partial charge in [-0.15, -0.1) is 0 Å². The minimum atomic E-state index is -1.14. The highest BCUT2D eigenvalue weighted by atomic mass is 16.3. The van der Waals surface area contributed by atoms with Crippen LogP contribution in [-0.2, 0) is 16.0 Å². The molecule has 194 valence electrons. The van der Waals surface area contributed by atoms with Crippen LogP contribution in [0.3, 0.4) is 0 Å². The molecule has 0 saturated heterocycles. The van der Waals surface area contributed by atoms with E-state index in [1.54, 1.807) is 0 Å². The Morgan fingerprint density at radius 3 is 1.97 bits per heavy atom. The van der Waals surface area contributed by atoms with Crippen LogP contribution in [-0.4, -0.2) is 21.8 Å². The lowest BCUT2D eigenvalue weighted by atomic mass is 9.64. The number of carbonyl (C=O) groups is 2. The van der Waals surface area contributed by atoms with Crippen molar-refractivity contribution in [2.75, 3.05) is 0 Å². The standard InChI is InChI=1S/C31H46O4/c1-20(2)11-13-25-28(33)27(26(32)14-12-24-10-8-9-23(7)19-24)30(35)31(29(25)34,17-15-21(3)4)18-16-22(5)6/h8-10,19-22,33-34H,11-18H2,1-7H3. The van der Waals surface area contributed by atoms with Crippen molar-refractivity contribution in [1.82, 2.24) is 0 Å². The number of Topliss-reactive ketones (excluding diaryl/α,β-unsaturated/α-hetero) is 2. The van der Waals surface area contributed by atoms with Crippen molar-refractivity contribution in [2.45, 2.75) is 99.8 Å². The summed E-state index contributed by atoms with van der Waals surface area (Å²) in [4.78, 5) is 27.5. The minimum Gasteiger partial charge on any atom is -0.511 e. The molecule has 0 aromatic heterocycles. The molecule has 0 amide bonds. The number of ketones is 2. The molecule has 2 rings (SSSR count). The van der Waals surface area contributed by atoms with Gasteiger partial charge in [-0.3, -0.25) is 9.59 Å². The second kappa shape index (κ2) is 12.6. The van der Waals surface area contributed by atoms with Crippen LogP contribution in [0.1, 0.15) is 97.6 Å². The van der Waals surface area contributed by atoms with E-state index in [4.69, 9.17) is 0 Å². The summed E-state index contributed by atoms with van der Waals surface area (Å²) in [5.41, 5.74) is 1.31. The van der Waals surface area contributed by atoms with E-state index in [-0.39, 0.29) is 29.3 Å². The highest BCUT2D eigenvalue weighted by Gasteiger charge is 2.50. The predicted molar refractivity (Wildman–Crippen MR) is 143 cm³/mol. The maximum absolute atomic E-state index is 14.1. The van der Waals surface area contributed by atoms with Gasteiger partial charge in [0.2, 0.25) is 0 Å². The molecule has 0 saturated carbocycles. The fourth-order valence-electron chi connectivity index (χ4n) is 4.84. The number of hydrogen-bond acceptors (Lipinski definition) is 4. The first kappa shape index (κ1) is 28.9. The highest BCUT2D eigenvalue weighted by molar-refractivity contribution is 6.24. The number of aliphatic hydroxyl groups is 2. The summed E-state index contributed by atoms with van der Waals surface area (Å²) in [5.74, 6) is 0.0424. The molecule has 1 aliphatic carbocycles. The first-order valence-electron chi connectivity index (χ1n) is 13.4. The normalized spacial score (nSPS) is 16.2. The molecule has 1 aliphatic rings. The fraction of sp³-hybridized carbons (Fsp3) is 0.613. The zero-order chi connectivity index (χ0) is 26.3. The van der Waals surface area contributed by atoms with Crippen molar-refractivity contribution in [2.24, 2.45) is 23.2 Å². The third-order valence-electron chi connectivity index (χ3n) is 7.19. The maximum atomic E-state index is 14.1. The first-order chi connectivity index (χ1) is 16.4. The third kappa shape index (κ3) is 7.32. The van der Waals surface area contributed by atoms with Crippen molar-refractivity contribution in [3.63, 3.8) is 0 Å². The lowest BCUT2D eigenvalue weighted by Gasteiger charge is -2.38. The molecule has 0 heterocycles. The molecular weight excluding hydrogens is 436 g/mol. The van der Waals surface area contributed by atoms with Crippen molar-refractivity contribution >= 4 is 11.6 Å². The van der Waals surface area contributed by atoms with Crippen LogP contribution >= 0.6 is 0 Å². The summed E-state index contributed by atoms with van der Waals surface area (Å²) in [6.45, 7) is 14.6. The summed E-state index contributed by atoms with van der Waals surface area (Å²) in [5, 5.41) is 22.8. The molecule has 2 N–H and O–H groups in total. The van der Waals surface area contributed by atoms with Gasteiger partial charge < -0.3 is 10.2 Å². The van der Waals surface area contributed by atoms with E-state index in [2.05, 4.69) is 41.5 Å². The van der Waals surface area contributed by atoms with E-state index >= 15 is 0 Å². The van der Waals surface area contributed by atoms with Gasteiger partial charge in [0.15, 0.2) is 11.6 Å². The average molecular weight is 483 g/mol. The predicted octanol–water partition coefficient (Wildman–Crippen LogP) is 8.00. The number of carbonyl (C=O) groups excluding carboxylic acids is 2. The van der Waals surface area contributed by atoms with Gasteiger partial charge in [-0.2, -0.15) is 0 Å². The van der Waals surface area contributed by atoms with Gasteiger partial charge in [-0.1, -0.05) is 71.4 Å². The van der Waals surface area contributed by atoms with Gasteiger partial charge in [-0.05, 0) is 75.2 Å². The Labute approximate surface area is 212 Å². The maximum Gasteiger partial charge on any atom is 0.183 e. The molecule has 0 fully saturated rings. The fourth-order valence-corrected chi connectivity index (χ4v) is 4.84. The van der Waals surface area contributed by atoms with Gasteiger partial charge in [0.05, 0.1) is 5.41 Å². The molecule has 1 aromatic carbocycles. The first-order valence-corrected chi connectivity index (χ1v) is 13.4. The smallest absolute Gasteiger partial charge is 0.183 e. The topological polar surface area (TPSA) is 74.6 Å². The number of hydrogen-bond donors (Lipinski definition) is 2. The second-order valence-corrected chi connectivity index (χ2v) is 11.7. The van der Waals surface area contributed by atoms with Crippen molar-refractivity contribution in [1.29, 1.82) is 0 Å². The molecule has 0 spiro atoms. The zero-order valence-electron chi connectivity index (χ0n) is 22.9. The number of rotatable bonds is 13. The molecule has 35 heavy (non-hydrogen) atoms. The lowest BCUT2D eigenvalue weighted by Crippen LogP contribution is -2.41. The van der Waals surface area contributed by atoms with Gasteiger partial charge >= 0.3 is 0 Å². The molecule has 0 radical (unpaired) electrons. The summed E-state index contributed by atoms with van der Waals surface area (Å²) in [7, 11) is 0. The number of benzene rings is 1. The Hall–Kier alpha value is -2.36. The summed E-state index contributed by atoms with van der Waals surface area (Å²) >= 11 is 0. The number of aryl methyl sites for hydroxylation is 2. The molecule has 0 aliphatic heterocycles. The van der Waals surface area contributed by atoms with Gasteiger partial charge in [0.25, 0.3) is 0 Å². The average Bonchev–Trinajstić information content (AvgIpc) is 2.77. The van der Waals surface area contributed by atoms with E-state index in [1.165, 1.54) is 0 Å². The van der Waals surface area contributed by atoms with E-state index < -0.39 is 11.2 Å². The lowest BCUT2D eigenvalue weighted by molar-refractivity contribution is -0.129. The van der Waals surface area contributed by atoms with Crippen molar-refractivity contribution in [3.05, 3.63) is 58.1 Å². The van der Waals surface area contributed by atoms with Crippen LogP contribution in [0.2, 0.25) is 0 Å². The molecule has 4 heteroatoms. The summed E-state index contributed by atoms with van der Waals surface area (Å²) in [6.07, 6.45) is 4.34. The van der Waals surface area contributed by atoms with E-state index in [0.29, 0.717) is 49.0 Å². The Morgan fingerprint density at radius 2 is 1.46 bits per heavy atom. The molecule has 0 unspecified atom stereocenters. The summed E-state index contributed by atoms with van der Waals surface area (Å²) < 4.78 is 0. The molecular formula is C31H46O4. The Morgan fingerprint density at radius 1 is 0.886 bits per heavy atom. The molecule has 0 bridgehead atoms. The SMILES string of the molecule is Cc1cccc(CCC(=O)C2=C(O)C(CCC(C)C)=C(O)C(CCC(C)C)(CCC(C)C)C2=O)c1. The minimum absolute atomic E-state index is 0.00261. The van der Waals surface area contributed by atoms with Crippen LogP contribution in [0, 0.1) is 30.1 Å². The second-order valence-electron chi connectivity index (χ2n) is 11.7. The highest BCUT2D eigenvalue weighted by Crippen LogP contribution is 2.48. The number of aliphatic hydroxyl groups excluding tert-OH is 2. The van der Waals surface area contributed by atoms with Gasteiger partial charge in [0, 0.05) is 12.0 Å². The van der Waals surface area contributed by atoms with Crippen LogP contribution in [0.5, 0.6) is 0 Å². The van der Waals surface area contributed by atoms with Crippen LogP contribution in [0.25, 0.3) is 0 Å².